The number of hydrogen-bond donors (Lipinski definition) is 0. The van der Waals surface area contributed by atoms with Crippen LogP contribution in [0.5, 0.6) is 0 Å². The summed E-state index contributed by atoms with van der Waals surface area (Å²) < 4.78 is 0. The molecule has 0 saturated carbocycles. The summed E-state index contributed by atoms with van der Waals surface area (Å²) in [5.41, 5.74) is 2.90. The average Bonchev–Trinajstić information content (AvgIpc) is 2.73. The Morgan fingerprint density at radius 2 is 1.07 bits per heavy atom. The van der Waals surface area contributed by atoms with Crippen molar-refractivity contribution in [2.75, 3.05) is 0 Å². The number of rotatable bonds is 6. The van der Waals surface area contributed by atoms with E-state index in [0.717, 1.165) is 0 Å². The van der Waals surface area contributed by atoms with Crippen LogP contribution in [0, 0.1) is 0 Å². The van der Waals surface area contributed by atoms with Gasteiger partial charge in [-0.05, 0) is 39.1 Å². The molecule has 0 aromatic heterocycles. The standard InChI is InChI=1S/C27H28/c1-3-4-9-20-27(2,25-18-10-14-21-12-5-7-16-23(21)25)26-19-11-15-22-13-6-8-17-24(22)26/h5-8,10-19H,3-4,9,20H2,1-2H3. The predicted octanol–water partition coefficient (Wildman–Crippen LogP) is 7.88. The summed E-state index contributed by atoms with van der Waals surface area (Å²) in [6.45, 7) is 4.74. The van der Waals surface area contributed by atoms with Gasteiger partial charge in [0.05, 0.1) is 0 Å². The van der Waals surface area contributed by atoms with Gasteiger partial charge in [-0.3, -0.25) is 0 Å². The zero-order chi connectivity index (χ0) is 18.7. The van der Waals surface area contributed by atoms with Gasteiger partial charge in [-0.25, -0.2) is 0 Å². The molecule has 0 unspecified atom stereocenters. The highest BCUT2D eigenvalue weighted by atomic mass is 14.3. The third-order valence-electron chi connectivity index (χ3n) is 6.05. The maximum absolute atomic E-state index is 2.45. The largest absolute Gasteiger partial charge is 0.0654 e. The molecule has 4 rings (SSSR count). The van der Waals surface area contributed by atoms with E-state index in [2.05, 4.69) is 98.8 Å². The second-order valence-electron chi connectivity index (χ2n) is 7.84. The molecule has 0 bridgehead atoms. The molecular weight excluding hydrogens is 324 g/mol. The van der Waals surface area contributed by atoms with E-state index in [9.17, 15) is 0 Å². The van der Waals surface area contributed by atoms with Crippen molar-refractivity contribution in [2.24, 2.45) is 0 Å². The van der Waals surface area contributed by atoms with Gasteiger partial charge in [0, 0.05) is 5.41 Å². The summed E-state index contributed by atoms with van der Waals surface area (Å²) in [5, 5.41) is 5.42. The molecule has 0 nitrogen and oxygen atoms in total. The fourth-order valence-corrected chi connectivity index (χ4v) is 4.56. The lowest BCUT2D eigenvalue weighted by Gasteiger charge is -2.33. The van der Waals surface area contributed by atoms with E-state index in [4.69, 9.17) is 0 Å². The second kappa shape index (κ2) is 7.56. The van der Waals surface area contributed by atoms with Crippen LogP contribution in [0.2, 0.25) is 0 Å². The van der Waals surface area contributed by atoms with Gasteiger partial charge in [0.1, 0.15) is 0 Å². The van der Waals surface area contributed by atoms with Gasteiger partial charge < -0.3 is 0 Å². The third-order valence-corrected chi connectivity index (χ3v) is 6.05. The molecule has 136 valence electrons. The van der Waals surface area contributed by atoms with E-state index in [1.165, 1.54) is 58.4 Å². The first-order valence-corrected chi connectivity index (χ1v) is 10.2. The molecule has 27 heavy (non-hydrogen) atoms. The first kappa shape index (κ1) is 17.8. The lowest BCUT2D eigenvalue weighted by molar-refractivity contribution is 0.490. The van der Waals surface area contributed by atoms with Gasteiger partial charge >= 0.3 is 0 Å². The minimum absolute atomic E-state index is 0.00308. The Bertz CT molecular complexity index is 968. The highest BCUT2D eigenvalue weighted by Crippen LogP contribution is 2.43. The Morgan fingerprint density at radius 3 is 1.59 bits per heavy atom. The van der Waals surface area contributed by atoms with E-state index >= 15 is 0 Å². The van der Waals surface area contributed by atoms with Crippen molar-refractivity contribution >= 4 is 21.5 Å². The Hall–Kier alpha value is -2.60. The van der Waals surface area contributed by atoms with Crippen molar-refractivity contribution in [1.29, 1.82) is 0 Å². The van der Waals surface area contributed by atoms with Crippen molar-refractivity contribution in [3.8, 4) is 0 Å². The Balaban J connectivity index is 1.97. The van der Waals surface area contributed by atoms with Crippen LogP contribution in [-0.2, 0) is 5.41 Å². The predicted molar refractivity (Wildman–Crippen MR) is 118 cm³/mol. The molecule has 0 saturated heterocycles. The topological polar surface area (TPSA) is 0 Å². The maximum atomic E-state index is 2.45. The summed E-state index contributed by atoms with van der Waals surface area (Å²) in [7, 11) is 0. The summed E-state index contributed by atoms with van der Waals surface area (Å²) in [6.07, 6.45) is 4.95. The third kappa shape index (κ3) is 3.25. The second-order valence-corrected chi connectivity index (χ2v) is 7.84. The lowest BCUT2D eigenvalue weighted by Crippen LogP contribution is -2.24. The molecule has 4 aromatic rings. The van der Waals surface area contributed by atoms with Gasteiger partial charge in [-0.2, -0.15) is 0 Å². The van der Waals surface area contributed by atoms with E-state index < -0.39 is 0 Å². The molecule has 0 aliphatic carbocycles. The smallest absolute Gasteiger partial charge is 0.0187 e. The fourth-order valence-electron chi connectivity index (χ4n) is 4.56. The minimum atomic E-state index is -0.00308. The van der Waals surface area contributed by atoms with Gasteiger partial charge in [0.25, 0.3) is 0 Å². The molecule has 0 spiro atoms. The van der Waals surface area contributed by atoms with Crippen LogP contribution in [0.15, 0.2) is 84.9 Å². The van der Waals surface area contributed by atoms with E-state index in [-0.39, 0.29) is 5.41 Å². The summed E-state index contributed by atoms with van der Waals surface area (Å²) in [6, 6.07) is 31.2. The first-order valence-electron chi connectivity index (χ1n) is 10.2. The Labute approximate surface area is 162 Å². The lowest BCUT2D eigenvalue weighted by atomic mass is 9.70. The van der Waals surface area contributed by atoms with E-state index in [0.29, 0.717) is 0 Å². The maximum Gasteiger partial charge on any atom is 0.0187 e. The molecule has 0 heteroatoms. The van der Waals surface area contributed by atoms with Gasteiger partial charge in [0.15, 0.2) is 0 Å². The van der Waals surface area contributed by atoms with Gasteiger partial charge in [0.2, 0.25) is 0 Å². The van der Waals surface area contributed by atoms with Crippen LogP contribution in [-0.4, -0.2) is 0 Å². The normalized spacial score (nSPS) is 11.9. The van der Waals surface area contributed by atoms with Crippen molar-refractivity contribution in [3.63, 3.8) is 0 Å². The first-order chi connectivity index (χ1) is 13.2. The van der Waals surface area contributed by atoms with Crippen LogP contribution < -0.4 is 0 Å². The van der Waals surface area contributed by atoms with Crippen LogP contribution in [0.4, 0.5) is 0 Å². The fraction of sp³-hybridized carbons (Fsp3) is 0.259. The van der Waals surface area contributed by atoms with E-state index in [1.807, 2.05) is 0 Å². The summed E-state index contributed by atoms with van der Waals surface area (Å²) in [5.74, 6) is 0. The molecule has 0 atom stereocenters. The molecule has 0 aliphatic rings. The van der Waals surface area contributed by atoms with Gasteiger partial charge in [-0.15, -0.1) is 0 Å². The zero-order valence-electron chi connectivity index (χ0n) is 16.4. The molecule has 0 heterocycles. The quantitative estimate of drug-likeness (QED) is 0.310. The number of hydrogen-bond acceptors (Lipinski definition) is 0. The Morgan fingerprint density at radius 1 is 0.593 bits per heavy atom. The highest BCUT2D eigenvalue weighted by molar-refractivity contribution is 5.91. The minimum Gasteiger partial charge on any atom is -0.0654 e. The average molecular weight is 353 g/mol. The molecule has 4 aromatic carbocycles. The molecule has 0 fully saturated rings. The zero-order valence-corrected chi connectivity index (χ0v) is 16.4. The number of fused-ring (bicyclic) bond motifs is 2. The van der Waals surface area contributed by atoms with Crippen molar-refractivity contribution in [1.82, 2.24) is 0 Å². The van der Waals surface area contributed by atoms with Crippen LogP contribution in [0.1, 0.15) is 50.7 Å². The van der Waals surface area contributed by atoms with Crippen LogP contribution in [0.25, 0.3) is 21.5 Å². The summed E-state index contributed by atoms with van der Waals surface area (Å²) >= 11 is 0. The molecular formula is C27H28. The SMILES string of the molecule is CCCCCC(C)(c1cccc2ccccc12)c1cccc2ccccc12. The van der Waals surface area contributed by atoms with Crippen molar-refractivity contribution in [3.05, 3.63) is 96.1 Å². The summed E-state index contributed by atoms with van der Waals surface area (Å²) in [4.78, 5) is 0. The monoisotopic (exact) mass is 352 g/mol. The molecule has 0 N–H and O–H groups in total. The Kier molecular flexibility index (Phi) is 4.99. The van der Waals surface area contributed by atoms with Crippen molar-refractivity contribution < 1.29 is 0 Å². The van der Waals surface area contributed by atoms with Gasteiger partial charge in [-0.1, -0.05) is 118 Å². The highest BCUT2D eigenvalue weighted by Gasteiger charge is 2.31. The molecule has 0 aliphatic heterocycles. The molecule has 0 radical (unpaired) electrons. The number of benzene rings is 4. The van der Waals surface area contributed by atoms with Crippen LogP contribution in [0.3, 0.4) is 0 Å². The molecule has 0 amide bonds. The van der Waals surface area contributed by atoms with Crippen molar-refractivity contribution in [2.45, 2.75) is 44.9 Å². The van der Waals surface area contributed by atoms with E-state index in [1.54, 1.807) is 0 Å². The van der Waals surface area contributed by atoms with Crippen LogP contribution >= 0.6 is 0 Å². The number of unbranched alkanes of at least 4 members (excludes halogenated alkanes) is 2.